The number of nitrogens with one attached hydrogen (secondary N) is 1. The van der Waals surface area contributed by atoms with Crippen LogP contribution in [0.1, 0.15) is 157 Å². The maximum atomic E-state index is 14.3. The normalized spacial score (nSPS) is 21.1. The summed E-state index contributed by atoms with van der Waals surface area (Å²) in [4.78, 5) is 14.3. The van der Waals surface area contributed by atoms with Crippen molar-refractivity contribution < 1.29 is 4.79 Å². The van der Waals surface area contributed by atoms with Crippen LogP contribution in [0.3, 0.4) is 0 Å². The number of hydrogen-bond acceptors (Lipinski definition) is 2. The highest BCUT2D eigenvalue weighted by atomic mass is 16.2. The number of carbonyl (C=O) groups is 1. The first kappa shape index (κ1) is 29.9. The van der Waals surface area contributed by atoms with Crippen LogP contribution < -0.4 is 5.32 Å². The van der Waals surface area contributed by atoms with Gasteiger partial charge in [0.25, 0.3) is 5.91 Å². The lowest BCUT2D eigenvalue weighted by atomic mass is 9.66. The second kappa shape index (κ2) is 12.6. The highest BCUT2D eigenvalue weighted by molar-refractivity contribution is 5.94. The first-order chi connectivity index (χ1) is 18.6. The lowest BCUT2D eigenvalue weighted by Gasteiger charge is -2.45. The fourth-order valence-corrected chi connectivity index (χ4v) is 7.81. The van der Waals surface area contributed by atoms with Gasteiger partial charge in [-0.25, -0.2) is 0 Å². The Kier molecular flexibility index (Phi) is 9.65. The molecule has 1 saturated carbocycles. The van der Waals surface area contributed by atoms with E-state index in [9.17, 15) is 4.79 Å². The zero-order chi connectivity index (χ0) is 28.2. The van der Waals surface area contributed by atoms with Gasteiger partial charge >= 0.3 is 0 Å². The molecule has 1 heterocycles. The summed E-state index contributed by atoms with van der Waals surface area (Å²) in [5.41, 5.74) is 6.17. The van der Waals surface area contributed by atoms with E-state index in [0.717, 1.165) is 44.2 Å². The molecule has 0 spiro atoms. The predicted molar refractivity (Wildman–Crippen MR) is 164 cm³/mol. The molecule has 4 heteroatoms. The molecule has 0 radical (unpaired) electrons. The lowest BCUT2D eigenvalue weighted by Crippen LogP contribution is -2.53. The fraction of sp³-hybridized carbons (Fsp3) is 0.714. The molecule has 0 saturated heterocycles. The van der Waals surface area contributed by atoms with E-state index in [1.165, 1.54) is 67.3 Å². The molecule has 3 atom stereocenters. The summed E-state index contributed by atoms with van der Waals surface area (Å²) in [5.74, 6) is 0.465. The van der Waals surface area contributed by atoms with E-state index in [1.54, 1.807) is 0 Å². The molecule has 1 aromatic carbocycles. The summed E-state index contributed by atoms with van der Waals surface area (Å²) in [6.07, 6.45) is 15.0. The maximum absolute atomic E-state index is 14.3. The van der Waals surface area contributed by atoms with Crippen molar-refractivity contribution in [3.05, 3.63) is 52.3 Å². The summed E-state index contributed by atoms with van der Waals surface area (Å²) in [5, 5.41) is 8.86. The van der Waals surface area contributed by atoms with E-state index in [0.29, 0.717) is 12.0 Å². The highest BCUT2D eigenvalue weighted by Crippen LogP contribution is 2.42. The minimum Gasteiger partial charge on any atom is -0.347 e. The van der Waals surface area contributed by atoms with Gasteiger partial charge in [0.2, 0.25) is 0 Å². The summed E-state index contributed by atoms with van der Waals surface area (Å²) < 4.78 is 2.37. The minimum absolute atomic E-state index is 0.0359. The largest absolute Gasteiger partial charge is 0.347 e. The van der Waals surface area contributed by atoms with Gasteiger partial charge in [0.1, 0.15) is 0 Å². The first-order valence-corrected chi connectivity index (χ1v) is 16.1. The fourth-order valence-electron chi connectivity index (χ4n) is 7.81. The van der Waals surface area contributed by atoms with Gasteiger partial charge in [-0.05, 0) is 80.2 Å². The number of benzene rings is 1. The van der Waals surface area contributed by atoms with E-state index in [-0.39, 0.29) is 22.8 Å². The molecular formula is C35H55N3O. The van der Waals surface area contributed by atoms with Crippen molar-refractivity contribution in [1.29, 1.82) is 0 Å². The van der Waals surface area contributed by atoms with E-state index < -0.39 is 0 Å². The molecule has 2 aliphatic rings. The molecule has 39 heavy (non-hydrogen) atoms. The van der Waals surface area contributed by atoms with E-state index in [2.05, 4.69) is 82.7 Å². The molecule has 0 aliphatic heterocycles. The summed E-state index contributed by atoms with van der Waals surface area (Å²) in [6.45, 7) is 16.0. The van der Waals surface area contributed by atoms with Crippen LogP contribution >= 0.6 is 0 Å². The van der Waals surface area contributed by atoms with E-state index in [1.807, 2.05) is 0 Å². The smallest absolute Gasteiger partial charge is 0.272 e. The maximum Gasteiger partial charge on any atom is 0.272 e. The Labute approximate surface area is 238 Å². The van der Waals surface area contributed by atoms with E-state index >= 15 is 0 Å². The van der Waals surface area contributed by atoms with Crippen molar-refractivity contribution >= 4 is 5.91 Å². The van der Waals surface area contributed by atoms with Gasteiger partial charge in [0.05, 0.1) is 6.04 Å². The van der Waals surface area contributed by atoms with Crippen molar-refractivity contribution in [3.8, 4) is 0 Å². The zero-order valence-electron chi connectivity index (χ0n) is 26.0. The molecular weight excluding hydrogens is 478 g/mol. The molecule has 4 rings (SSSR count). The molecule has 1 amide bonds. The zero-order valence-corrected chi connectivity index (χ0v) is 26.0. The number of nitrogens with zero attached hydrogens (tertiary/aromatic N) is 2. The monoisotopic (exact) mass is 533 g/mol. The Morgan fingerprint density at radius 1 is 1.03 bits per heavy atom. The number of rotatable bonds is 9. The van der Waals surface area contributed by atoms with Crippen LogP contribution in [-0.4, -0.2) is 21.7 Å². The molecule has 1 aromatic heterocycles. The van der Waals surface area contributed by atoms with Crippen molar-refractivity contribution in [2.45, 2.75) is 150 Å². The van der Waals surface area contributed by atoms with Crippen LogP contribution in [0.15, 0.2) is 24.3 Å². The SMILES string of the molecule is CCCC(C)(CC)[C@H](NC(=O)c1nn(C2CCCCC2)c2c1CCCCC2Cc1ccccc1C)C(C)(C)C. The van der Waals surface area contributed by atoms with Gasteiger partial charge in [-0.2, -0.15) is 5.10 Å². The molecule has 4 nitrogen and oxygen atoms in total. The van der Waals surface area contributed by atoms with Crippen LogP contribution in [0.5, 0.6) is 0 Å². The first-order valence-electron chi connectivity index (χ1n) is 16.1. The van der Waals surface area contributed by atoms with Crippen LogP contribution in [0, 0.1) is 17.8 Å². The Balaban J connectivity index is 1.76. The number of aryl methyl sites for hydroxylation is 1. The van der Waals surface area contributed by atoms with Crippen molar-refractivity contribution in [3.63, 3.8) is 0 Å². The Morgan fingerprint density at radius 2 is 1.72 bits per heavy atom. The average molecular weight is 534 g/mol. The molecule has 2 aliphatic carbocycles. The molecule has 2 aromatic rings. The summed E-state index contributed by atoms with van der Waals surface area (Å²) in [6, 6.07) is 9.35. The number of aromatic nitrogens is 2. The second-order valence-corrected chi connectivity index (χ2v) is 14.1. The molecule has 2 unspecified atom stereocenters. The quantitative estimate of drug-likeness (QED) is 0.327. The second-order valence-electron chi connectivity index (χ2n) is 14.1. The summed E-state index contributed by atoms with van der Waals surface area (Å²) >= 11 is 0. The average Bonchev–Trinajstić information content (AvgIpc) is 3.17. The van der Waals surface area contributed by atoms with E-state index in [4.69, 9.17) is 5.10 Å². The third-order valence-electron chi connectivity index (χ3n) is 10.00. The van der Waals surface area contributed by atoms with Gasteiger partial charge < -0.3 is 5.32 Å². The Hall–Kier alpha value is -2.10. The van der Waals surface area contributed by atoms with Crippen LogP contribution in [0.4, 0.5) is 0 Å². The third-order valence-corrected chi connectivity index (χ3v) is 10.00. The molecule has 0 bridgehead atoms. The number of amides is 1. The number of fused-ring (bicyclic) bond motifs is 1. The van der Waals surface area contributed by atoms with Crippen LogP contribution in [0.2, 0.25) is 0 Å². The van der Waals surface area contributed by atoms with Gasteiger partial charge in [0.15, 0.2) is 5.69 Å². The molecule has 1 fully saturated rings. The lowest BCUT2D eigenvalue weighted by molar-refractivity contribution is 0.0669. The van der Waals surface area contributed by atoms with Crippen molar-refractivity contribution in [1.82, 2.24) is 15.1 Å². The standard InChI is InChI=1S/C35H55N3O/c1-8-23-35(7,9-2)33(34(4,5)6)36-32(39)30-29-22-16-15-19-27(24-26-18-14-13-17-25(26)3)31(29)38(37-30)28-20-11-10-12-21-28/h13-14,17-18,27-28,33H,8-12,15-16,19-24H2,1-7H3,(H,36,39)/t27?,33-,35?/m1/s1. The molecule has 1 N–H and O–H groups in total. The number of carbonyl (C=O) groups excluding carboxylic acids is 1. The predicted octanol–water partition coefficient (Wildman–Crippen LogP) is 9.11. The Bertz CT molecular complexity index is 1100. The van der Waals surface area contributed by atoms with Crippen LogP contribution in [-0.2, 0) is 12.8 Å². The highest BCUT2D eigenvalue weighted by Gasteiger charge is 2.42. The van der Waals surface area contributed by atoms with Gasteiger partial charge in [-0.15, -0.1) is 0 Å². The van der Waals surface area contributed by atoms with Crippen LogP contribution in [0.25, 0.3) is 0 Å². The van der Waals surface area contributed by atoms with Gasteiger partial charge in [0, 0.05) is 23.2 Å². The van der Waals surface area contributed by atoms with Crippen molar-refractivity contribution in [2.75, 3.05) is 0 Å². The minimum atomic E-state index is -0.0359. The Morgan fingerprint density at radius 3 is 2.36 bits per heavy atom. The van der Waals surface area contributed by atoms with Gasteiger partial charge in [-0.3, -0.25) is 9.48 Å². The summed E-state index contributed by atoms with van der Waals surface area (Å²) in [7, 11) is 0. The number of hydrogen-bond donors (Lipinski definition) is 1. The topological polar surface area (TPSA) is 46.9 Å². The van der Waals surface area contributed by atoms with Crippen molar-refractivity contribution in [2.24, 2.45) is 10.8 Å². The third kappa shape index (κ3) is 6.63. The van der Waals surface area contributed by atoms with Gasteiger partial charge in [-0.1, -0.05) is 97.9 Å². The molecule has 216 valence electrons.